The van der Waals surface area contributed by atoms with Gasteiger partial charge in [0.25, 0.3) is 10.0 Å². The summed E-state index contributed by atoms with van der Waals surface area (Å²) < 4.78 is 40.6. The maximum absolute atomic E-state index is 12.9. The summed E-state index contributed by atoms with van der Waals surface area (Å²) in [4.78, 5) is 0.225. The molecule has 2 aromatic carbocycles. The summed E-state index contributed by atoms with van der Waals surface area (Å²) in [6, 6.07) is 8.91. The van der Waals surface area contributed by atoms with Crippen LogP contribution in [-0.2, 0) is 22.9 Å². The summed E-state index contributed by atoms with van der Waals surface area (Å²) in [6.45, 7) is 0.998. The molecule has 0 fully saturated rings. The number of ether oxygens (including phenoxy) is 2. The molecule has 1 N–H and O–H groups in total. The lowest BCUT2D eigenvalue weighted by Gasteiger charge is -2.14. The van der Waals surface area contributed by atoms with Crippen molar-refractivity contribution in [2.75, 3.05) is 17.9 Å². The molecule has 2 heterocycles. The highest BCUT2D eigenvalue weighted by Gasteiger charge is 2.33. The van der Waals surface area contributed by atoms with Gasteiger partial charge in [-0.25, -0.2) is 8.42 Å². The van der Waals surface area contributed by atoms with E-state index in [2.05, 4.69) is 20.7 Å². The fourth-order valence-corrected chi connectivity index (χ4v) is 4.72. The van der Waals surface area contributed by atoms with E-state index in [0.29, 0.717) is 48.8 Å². The highest BCUT2D eigenvalue weighted by Crippen LogP contribution is 2.43. The Hall–Kier alpha value is -1.73. The van der Waals surface area contributed by atoms with E-state index in [1.165, 1.54) is 0 Å². The topological polar surface area (TPSA) is 64.6 Å². The van der Waals surface area contributed by atoms with Crippen LogP contribution in [0.3, 0.4) is 0 Å². The monoisotopic (exact) mass is 395 g/mol. The van der Waals surface area contributed by atoms with E-state index in [0.717, 1.165) is 10.0 Å². The molecule has 0 saturated heterocycles. The van der Waals surface area contributed by atoms with E-state index in [4.69, 9.17) is 9.47 Å². The summed E-state index contributed by atoms with van der Waals surface area (Å²) in [5.74, 6) is 1.13. The molecule has 0 atom stereocenters. The normalized spacial score (nSPS) is 15.5. The molecule has 2 aromatic rings. The first-order valence-electron chi connectivity index (χ1n) is 7.27. The second-order valence-electron chi connectivity index (χ2n) is 5.48. The zero-order valence-corrected chi connectivity index (χ0v) is 14.5. The third-order valence-electron chi connectivity index (χ3n) is 3.97. The van der Waals surface area contributed by atoms with Gasteiger partial charge in [0.15, 0.2) is 0 Å². The molecule has 4 rings (SSSR count). The summed E-state index contributed by atoms with van der Waals surface area (Å²) in [5.41, 5.74) is 2.11. The minimum atomic E-state index is -3.75. The Morgan fingerprint density at radius 1 is 1.04 bits per heavy atom. The molecule has 0 aliphatic carbocycles. The molecule has 0 bridgehead atoms. The van der Waals surface area contributed by atoms with Crippen molar-refractivity contribution in [3.05, 3.63) is 45.9 Å². The van der Waals surface area contributed by atoms with Crippen LogP contribution >= 0.6 is 15.9 Å². The third kappa shape index (κ3) is 2.57. The molecule has 0 aromatic heterocycles. The lowest BCUT2D eigenvalue weighted by Crippen LogP contribution is -2.16. The smallest absolute Gasteiger partial charge is 0.266 e. The van der Waals surface area contributed by atoms with Crippen LogP contribution in [0, 0.1) is 0 Å². The molecule has 5 nitrogen and oxygen atoms in total. The van der Waals surface area contributed by atoms with Crippen molar-refractivity contribution in [3.8, 4) is 11.5 Å². The van der Waals surface area contributed by atoms with Gasteiger partial charge in [-0.1, -0.05) is 15.9 Å². The second kappa shape index (κ2) is 5.42. The predicted molar refractivity (Wildman–Crippen MR) is 89.8 cm³/mol. The fourth-order valence-electron chi connectivity index (χ4n) is 2.95. The number of rotatable bonds is 3. The zero-order valence-electron chi connectivity index (χ0n) is 12.1. The standard InChI is InChI=1S/C16H14BrNO4S/c17-11-1-3-12(4-2-11)18-23(19,20)16-13-6-8-21-14(13)9-10-5-7-22-15(10)16/h1-4,9,18H,5-8H2. The maximum atomic E-state index is 12.9. The van der Waals surface area contributed by atoms with Crippen LogP contribution in [-0.4, -0.2) is 21.6 Å². The molecule has 23 heavy (non-hydrogen) atoms. The van der Waals surface area contributed by atoms with Crippen molar-refractivity contribution in [3.63, 3.8) is 0 Å². The Morgan fingerprint density at radius 2 is 1.78 bits per heavy atom. The van der Waals surface area contributed by atoms with Crippen molar-refractivity contribution in [1.29, 1.82) is 0 Å². The van der Waals surface area contributed by atoms with Gasteiger partial charge < -0.3 is 9.47 Å². The summed E-state index contributed by atoms with van der Waals surface area (Å²) >= 11 is 3.34. The number of nitrogens with one attached hydrogen (secondary N) is 1. The van der Waals surface area contributed by atoms with Gasteiger partial charge in [0.05, 0.1) is 13.2 Å². The van der Waals surface area contributed by atoms with Gasteiger partial charge in [-0.2, -0.15) is 0 Å². The molecule has 2 aliphatic rings. The van der Waals surface area contributed by atoms with E-state index in [-0.39, 0.29) is 4.90 Å². The van der Waals surface area contributed by atoms with Crippen LogP contribution in [0.4, 0.5) is 5.69 Å². The largest absolute Gasteiger partial charge is 0.493 e. The number of hydrogen-bond acceptors (Lipinski definition) is 4. The number of sulfonamides is 1. The van der Waals surface area contributed by atoms with E-state index in [9.17, 15) is 8.42 Å². The van der Waals surface area contributed by atoms with Crippen LogP contribution in [0.15, 0.2) is 39.7 Å². The van der Waals surface area contributed by atoms with E-state index in [1.807, 2.05) is 6.07 Å². The number of benzene rings is 2. The molecule has 120 valence electrons. The van der Waals surface area contributed by atoms with Crippen LogP contribution in [0.25, 0.3) is 0 Å². The van der Waals surface area contributed by atoms with Crippen molar-refractivity contribution in [1.82, 2.24) is 0 Å². The lowest BCUT2D eigenvalue weighted by molar-refractivity contribution is 0.348. The first-order valence-corrected chi connectivity index (χ1v) is 9.55. The molecule has 0 spiro atoms. The van der Waals surface area contributed by atoms with Crippen LogP contribution < -0.4 is 14.2 Å². The van der Waals surface area contributed by atoms with Crippen molar-refractivity contribution >= 4 is 31.6 Å². The SMILES string of the molecule is O=S(=O)(Nc1ccc(Br)cc1)c1c2c(cc3c1OCC3)OCC2. The first-order chi connectivity index (χ1) is 11.0. The van der Waals surface area contributed by atoms with Gasteiger partial charge in [-0.15, -0.1) is 0 Å². The van der Waals surface area contributed by atoms with Gasteiger partial charge in [0.1, 0.15) is 16.4 Å². The Balaban J connectivity index is 1.82. The number of anilines is 1. The molecule has 0 saturated carbocycles. The fraction of sp³-hybridized carbons (Fsp3) is 0.250. The van der Waals surface area contributed by atoms with E-state index in [1.54, 1.807) is 24.3 Å². The Labute approximate surface area is 142 Å². The molecule has 0 radical (unpaired) electrons. The van der Waals surface area contributed by atoms with Gasteiger partial charge in [-0.05, 0) is 30.3 Å². The van der Waals surface area contributed by atoms with Crippen molar-refractivity contribution < 1.29 is 17.9 Å². The highest BCUT2D eigenvalue weighted by molar-refractivity contribution is 9.10. The highest BCUT2D eigenvalue weighted by atomic mass is 79.9. The minimum absolute atomic E-state index is 0.225. The average Bonchev–Trinajstić information content (AvgIpc) is 3.14. The lowest BCUT2D eigenvalue weighted by atomic mass is 10.1. The summed E-state index contributed by atoms with van der Waals surface area (Å²) in [5, 5.41) is 0. The second-order valence-corrected chi connectivity index (χ2v) is 8.01. The summed E-state index contributed by atoms with van der Waals surface area (Å²) in [7, 11) is -3.75. The first kappa shape index (κ1) is 14.8. The minimum Gasteiger partial charge on any atom is -0.493 e. The molecule has 0 amide bonds. The Kier molecular flexibility index (Phi) is 3.50. The van der Waals surface area contributed by atoms with Gasteiger partial charge >= 0.3 is 0 Å². The van der Waals surface area contributed by atoms with E-state index < -0.39 is 10.0 Å². The number of fused-ring (bicyclic) bond motifs is 2. The molecule has 0 unspecified atom stereocenters. The number of hydrogen-bond donors (Lipinski definition) is 1. The summed E-state index contributed by atoms with van der Waals surface area (Å²) in [6.07, 6.45) is 1.27. The van der Waals surface area contributed by atoms with Crippen LogP contribution in [0.2, 0.25) is 0 Å². The maximum Gasteiger partial charge on any atom is 0.266 e. The Morgan fingerprint density at radius 3 is 2.57 bits per heavy atom. The van der Waals surface area contributed by atoms with Gasteiger partial charge in [-0.3, -0.25) is 4.72 Å². The Bertz CT molecular complexity index is 846. The van der Waals surface area contributed by atoms with Crippen molar-refractivity contribution in [2.24, 2.45) is 0 Å². The number of halogens is 1. The third-order valence-corrected chi connectivity index (χ3v) is 5.97. The average molecular weight is 396 g/mol. The van der Waals surface area contributed by atoms with Gasteiger partial charge in [0.2, 0.25) is 0 Å². The molecule has 7 heteroatoms. The van der Waals surface area contributed by atoms with Crippen LogP contribution in [0.1, 0.15) is 11.1 Å². The molecular formula is C16H14BrNO4S. The molecular weight excluding hydrogens is 382 g/mol. The van der Waals surface area contributed by atoms with Gasteiger partial charge in [0, 0.05) is 34.1 Å². The zero-order chi connectivity index (χ0) is 16.0. The quantitative estimate of drug-likeness (QED) is 0.866. The van der Waals surface area contributed by atoms with Crippen LogP contribution in [0.5, 0.6) is 11.5 Å². The molecule has 2 aliphatic heterocycles. The van der Waals surface area contributed by atoms with E-state index >= 15 is 0 Å². The van der Waals surface area contributed by atoms with Crippen molar-refractivity contribution in [2.45, 2.75) is 17.7 Å². The predicted octanol–water partition coefficient (Wildman–Crippen LogP) is 3.12.